The Bertz CT molecular complexity index is 653. The van der Waals surface area contributed by atoms with Gasteiger partial charge in [0.05, 0.1) is 5.56 Å². The molecule has 2 aromatic carbocycles. The summed E-state index contributed by atoms with van der Waals surface area (Å²) in [6.07, 6.45) is 0. The monoisotopic (exact) mass is 332 g/mol. The first-order chi connectivity index (χ1) is 9.51. The summed E-state index contributed by atoms with van der Waals surface area (Å²) in [5, 5.41) is 5.98. The Hall–Kier alpha value is -1.81. The van der Waals surface area contributed by atoms with Crippen LogP contribution in [-0.2, 0) is 0 Å². The highest BCUT2D eigenvalue weighted by Gasteiger charge is 2.11. The average molecular weight is 333 g/mol. The van der Waals surface area contributed by atoms with Gasteiger partial charge in [0.15, 0.2) is 0 Å². The summed E-state index contributed by atoms with van der Waals surface area (Å²) in [7, 11) is 1.81. The third kappa shape index (κ3) is 3.20. The van der Waals surface area contributed by atoms with Crippen LogP contribution >= 0.6 is 15.9 Å². The van der Waals surface area contributed by atoms with E-state index in [9.17, 15) is 4.79 Å². The van der Waals surface area contributed by atoms with Crippen LogP contribution in [0, 0.1) is 13.8 Å². The molecule has 0 unspecified atom stereocenters. The highest BCUT2D eigenvalue weighted by Crippen LogP contribution is 2.22. The summed E-state index contributed by atoms with van der Waals surface area (Å²) in [6.45, 7) is 3.99. The van der Waals surface area contributed by atoms with Gasteiger partial charge in [0.25, 0.3) is 5.91 Å². The Balaban J connectivity index is 2.25. The molecular weight excluding hydrogens is 316 g/mol. The maximum atomic E-state index is 12.3. The molecule has 4 heteroatoms. The fourth-order valence-corrected chi connectivity index (χ4v) is 2.23. The Morgan fingerprint density at radius 2 is 1.85 bits per heavy atom. The average Bonchev–Trinajstić information content (AvgIpc) is 2.42. The summed E-state index contributed by atoms with van der Waals surface area (Å²) in [5.41, 5.74) is 4.46. The molecule has 0 aliphatic heterocycles. The number of halogens is 1. The number of anilines is 2. The molecule has 2 N–H and O–H groups in total. The van der Waals surface area contributed by atoms with Crippen LogP contribution in [0.5, 0.6) is 0 Å². The molecule has 0 aromatic heterocycles. The predicted octanol–water partition coefficient (Wildman–Crippen LogP) is 4.36. The third-order valence-electron chi connectivity index (χ3n) is 3.10. The molecule has 20 heavy (non-hydrogen) atoms. The van der Waals surface area contributed by atoms with Gasteiger partial charge in [-0.2, -0.15) is 0 Å². The van der Waals surface area contributed by atoms with Crippen LogP contribution < -0.4 is 10.6 Å². The number of hydrogen-bond acceptors (Lipinski definition) is 2. The fraction of sp³-hybridized carbons (Fsp3) is 0.188. The molecule has 0 saturated heterocycles. The van der Waals surface area contributed by atoms with Crippen molar-refractivity contribution in [3.63, 3.8) is 0 Å². The lowest BCUT2D eigenvalue weighted by molar-refractivity contribution is 0.102. The van der Waals surface area contributed by atoms with E-state index in [0.717, 1.165) is 27.0 Å². The molecule has 2 rings (SSSR count). The van der Waals surface area contributed by atoms with E-state index in [-0.39, 0.29) is 5.91 Å². The summed E-state index contributed by atoms with van der Waals surface area (Å²) in [5.74, 6) is -0.115. The minimum Gasteiger partial charge on any atom is -0.387 e. The summed E-state index contributed by atoms with van der Waals surface area (Å²) >= 11 is 3.45. The molecular formula is C16H17BrN2O. The van der Waals surface area contributed by atoms with Crippen LogP contribution in [0.4, 0.5) is 11.4 Å². The van der Waals surface area contributed by atoms with Gasteiger partial charge in [0, 0.05) is 22.9 Å². The van der Waals surface area contributed by atoms with Crippen molar-refractivity contribution in [2.24, 2.45) is 0 Å². The molecule has 0 bridgehead atoms. The Morgan fingerprint density at radius 1 is 1.10 bits per heavy atom. The molecule has 3 nitrogen and oxygen atoms in total. The van der Waals surface area contributed by atoms with Crippen LogP contribution in [0.1, 0.15) is 21.5 Å². The van der Waals surface area contributed by atoms with E-state index in [1.165, 1.54) is 0 Å². The Kier molecular flexibility index (Phi) is 4.45. The quantitative estimate of drug-likeness (QED) is 0.876. The van der Waals surface area contributed by atoms with Crippen molar-refractivity contribution in [1.82, 2.24) is 0 Å². The van der Waals surface area contributed by atoms with Gasteiger partial charge in [-0.15, -0.1) is 0 Å². The molecule has 0 spiro atoms. The highest BCUT2D eigenvalue weighted by molar-refractivity contribution is 9.10. The standard InChI is InChI=1S/C16H17BrN2O/c1-10-4-6-13(15(8-10)18-3)16(20)19-12-5-7-14(17)11(2)9-12/h4-9,18H,1-3H3,(H,19,20). The lowest BCUT2D eigenvalue weighted by Crippen LogP contribution is -2.14. The number of amides is 1. The minimum atomic E-state index is -0.115. The zero-order valence-corrected chi connectivity index (χ0v) is 13.3. The lowest BCUT2D eigenvalue weighted by atomic mass is 10.1. The minimum absolute atomic E-state index is 0.115. The number of benzene rings is 2. The van der Waals surface area contributed by atoms with Crippen molar-refractivity contribution in [2.45, 2.75) is 13.8 Å². The number of carbonyl (C=O) groups is 1. The maximum Gasteiger partial charge on any atom is 0.257 e. The van der Waals surface area contributed by atoms with Crippen molar-refractivity contribution in [3.05, 3.63) is 57.6 Å². The van der Waals surface area contributed by atoms with Crippen LogP contribution in [0.15, 0.2) is 40.9 Å². The van der Waals surface area contributed by atoms with Crippen molar-refractivity contribution in [2.75, 3.05) is 17.7 Å². The van der Waals surface area contributed by atoms with Crippen LogP contribution in [-0.4, -0.2) is 13.0 Å². The summed E-state index contributed by atoms with van der Waals surface area (Å²) < 4.78 is 1.03. The number of aryl methyl sites for hydroxylation is 2. The predicted molar refractivity (Wildman–Crippen MR) is 87.6 cm³/mol. The summed E-state index contributed by atoms with van der Waals surface area (Å²) in [4.78, 5) is 12.3. The first kappa shape index (κ1) is 14.6. The van der Waals surface area contributed by atoms with Crippen molar-refractivity contribution in [3.8, 4) is 0 Å². The van der Waals surface area contributed by atoms with Gasteiger partial charge in [-0.05, 0) is 55.3 Å². The van der Waals surface area contributed by atoms with E-state index in [0.29, 0.717) is 5.56 Å². The van der Waals surface area contributed by atoms with Gasteiger partial charge >= 0.3 is 0 Å². The Labute approximate surface area is 127 Å². The molecule has 0 saturated carbocycles. The SMILES string of the molecule is CNc1cc(C)ccc1C(=O)Nc1ccc(Br)c(C)c1. The zero-order chi connectivity index (χ0) is 14.7. The highest BCUT2D eigenvalue weighted by atomic mass is 79.9. The molecule has 104 valence electrons. The smallest absolute Gasteiger partial charge is 0.257 e. The topological polar surface area (TPSA) is 41.1 Å². The van der Waals surface area contributed by atoms with Gasteiger partial charge in [-0.3, -0.25) is 4.79 Å². The number of hydrogen-bond donors (Lipinski definition) is 2. The summed E-state index contributed by atoms with van der Waals surface area (Å²) in [6, 6.07) is 11.5. The van der Waals surface area contributed by atoms with Gasteiger partial charge in [-0.25, -0.2) is 0 Å². The van der Waals surface area contributed by atoms with E-state index in [4.69, 9.17) is 0 Å². The van der Waals surface area contributed by atoms with Crippen LogP contribution in [0.25, 0.3) is 0 Å². The molecule has 2 aromatic rings. The molecule has 0 aliphatic carbocycles. The lowest BCUT2D eigenvalue weighted by Gasteiger charge is -2.11. The fourth-order valence-electron chi connectivity index (χ4n) is 1.98. The Morgan fingerprint density at radius 3 is 2.50 bits per heavy atom. The van der Waals surface area contributed by atoms with E-state index in [2.05, 4.69) is 26.6 Å². The second kappa shape index (κ2) is 6.09. The number of nitrogens with one attached hydrogen (secondary N) is 2. The zero-order valence-electron chi connectivity index (χ0n) is 11.8. The van der Waals surface area contributed by atoms with E-state index < -0.39 is 0 Å². The van der Waals surface area contributed by atoms with E-state index >= 15 is 0 Å². The van der Waals surface area contributed by atoms with Gasteiger partial charge in [0.2, 0.25) is 0 Å². The maximum absolute atomic E-state index is 12.3. The molecule has 0 radical (unpaired) electrons. The van der Waals surface area contributed by atoms with E-state index in [1.807, 2.05) is 57.3 Å². The van der Waals surface area contributed by atoms with Crippen molar-refractivity contribution < 1.29 is 4.79 Å². The second-order valence-electron chi connectivity index (χ2n) is 4.72. The molecule has 0 atom stereocenters. The molecule has 0 fully saturated rings. The van der Waals surface area contributed by atoms with Crippen molar-refractivity contribution >= 4 is 33.2 Å². The second-order valence-corrected chi connectivity index (χ2v) is 5.57. The first-order valence-electron chi connectivity index (χ1n) is 6.37. The van der Waals surface area contributed by atoms with Gasteiger partial charge in [0.1, 0.15) is 0 Å². The van der Waals surface area contributed by atoms with Gasteiger partial charge < -0.3 is 10.6 Å². The number of rotatable bonds is 3. The van der Waals surface area contributed by atoms with Crippen LogP contribution in [0.2, 0.25) is 0 Å². The molecule has 0 aliphatic rings. The third-order valence-corrected chi connectivity index (χ3v) is 3.99. The number of carbonyl (C=O) groups excluding carboxylic acids is 1. The van der Waals surface area contributed by atoms with Crippen LogP contribution in [0.3, 0.4) is 0 Å². The van der Waals surface area contributed by atoms with Gasteiger partial charge in [-0.1, -0.05) is 22.0 Å². The molecule has 0 heterocycles. The van der Waals surface area contributed by atoms with E-state index in [1.54, 1.807) is 0 Å². The largest absolute Gasteiger partial charge is 0.387 e. The normalized spacial score (nSPS) is 10.2. The molecule has 1 amide bonds. The first-order valence-corrected chi connectivity index (χ1v) is 7.16. The van der Waals surface area contributed by atoms with Crippen molar-refractivity contribution in [1.29, 1.82) is 0 Å².